The molecule has 27 heavy (non-hydrogen) atoms. The van der Waals surface area contributed by atoms with Gasteiger partial charge in [0.25, 0.3) is 0 Å². The minimum Gasteiger partial charge on any atom is -0.492 e. The lowest BCUT2D eigenvalue weighted by molar-refractivity contribution is 0.0429. The number of hydrogen-bond donors (Lipinski definition) is 0. The van der Waals surface area contributed by atoms with Crippen LogP contribution in [0, 0.1) is 0 Å². The first-order chi connectivity index (χ1) is 13.4. The predicted octanol–water partition coefficient (Wildman–Crippen LogP) is 4.61. The molecule has 1 unspecified atom stereocenters. The molecule has 2 aromatic carbocycles. The van der Waals surface area contributed by atoms with Gasteiger partial charge in [0.2, 0.25) is 0 Å². The van der Waals surface area contributed by atoms with Crippen LogP contribution in [-0.2, 0) is 25.1 Å². The van der Waals surface area contributed by atoms with E-state index in [1.165, 1.54) is 9.79 Å². The number of rotatable bonds is 10. The minimum absolute atomic E-state index is 0.0107. The average Bonchev–Trinajstić information content (AvgIpc) is 2.73. The van der Waals surface area contributed by atoms with E-state index in [1.807, 2.05) is 0 Å². The Hall–Kier alpha value is -2.01. The number of benzene rings is 2. The van der Waals surface area contributed by atoms with Crippen LogP contribution in [0.3, 0.4) is 0 Å². The summed E-state index contributed by atoms with van der Waals surface area (Å²) in [4.78, 5) is 2.75. The number of methoxy groups -OCH3 is 1. The molecule has 0 heterocycles. The van der Waals surface area contributed by atoms with Crippen molar-refractivity contribution in [3.05, 3.63) is 84.7 Å². The third kappa shape index (κ3) is 5.99. The summed E-state index contributed by atoms with van der Waals surface area (Å²) in [6.07, 6.45) is 7.58. The molecule has 1 aliphatic carbocycles. The molecule has 4 heteroatoms. The standard InChI is InChI=1S/C23H27O3S/c1-24-16-17-25-18-19-26-20-12-14-23(15-13-20)27(21-8-4-2-5-9-21)22-10-6-3-7-11-22/h2-14,23H,15-19H2,1H3/q+1. The van der Waals surface area contributed by atoms with E-state index in [0.29, 0.717) is 31.7 Å². The van der Waals surface area contributed by atoms with Crippen LogP contribution in [-0.4, -0.2) is 38.8 Å². The Kier molecular flexibility index (Phi) is 8.03. The topological polar surface area (TPSA) is 27.7 Å². The van der Waals surface area contributed by atoms with Gasteiger partial charge in [-0.25, -0.2) is 0 Å². The van der Waals surface area contributed by atoms with Crippen molar-refractivity contribution < 1.29 is 14.2 Å². The molecule has 0 aliphatic heterocycles. The molecule has 0 spiro atoms. The summed E-state index contributed by atoms with van der Waals surface area (Å²) >= 11 is 0. The lowest BCUT2D eigenvalue weighted by Crippen LogP contribution is -2.22. The number of ether oxygens (including phenoxy) is 3. The van der Waals surface area contributed by atoms with E-state index in [1.54, 1.807) is 7.11 Å². The smallest absolute Gasteiger partial charge is 0.161 e. The van der Waals surface area contributed by atoms with E-state index >= 15 is 0 Å². The van der Waals surface area contributed by atoms with E-state index in [2.05, 4.69) is 78.9 Å². The van der Waals surface area contributed by atoms with Crippen LogP contribution in [0.4, 0.5) is 0 Å². The third-order valence-electron chi connectivity index (χ3n) is 4.25. The Morgan fingerprint density at radius 2 is 1.48 bits per heavy atom. The Labute approximate surface area is 165 Å². The molecular weight excluding hydrogens is 356 g/mol. The van der Waals surface area contributed by atoms with Crippen molar-refractivity contribution in [3.63, 3.8) is 0 Å². The molecule has 0 fully saturated rings. The molecule has 3 nitrogen and oxygen atoms in total. The second-order valence-corrected chi connectivity index (χ2v) is 8.38. The van der Waals surface area contributed by atoms with Crippen molar-refractivity contribution >= 4 is 10.9 Å². The second-order valence-electron chi connectivity index (χ2n) is 6.16. The molecule has 0 bridgehead atoms. The van der Waals surface area contributed by atoms with Crippen molar-refractivity contribution in [1.82, 2.24) is 0 Å². The maximum atomic E-state index is 5.81. The van der Waals surface area contributed by atoms with E-state index < -0.39 is 0 Å². The van der Waals surface area contributed by atoms with Crippen LogP contribution >= 0.6 is 0 Å². The monoisotopic (exact) mass is 383 g/mol. The maximum Gasteiger partial charge on any atom is 0.161 e. The Balaban J connectivity index is 1.60. The van der Waals surface area contributed by atoms with E-state index in [-0.39, 0.29) is 10.9 Å². The first kappa shape index (κ1) is 19.7. The predicted molar refractivity (Wildman–Crippen MR) is 111 cm³/mol. The van der Waals surface area contributed by atoms with Crippen molar-refractivity contribution in [3.8, 4) is 0 Å². The maximum absolute atomic E-state index is 5.81. The van der Waals surface area contributed by atoms with Gasteiger partial charge in [0.1, 0.15) is 12.4 Å². The van der Waals surface area contributed by atoms with Crippen LogP contribution < -0.4 is 0 Å². The molecule has 1 aliphatic rings. The van der Waals surface area contributed by atoms with Gasteiger partial charge in [0.15, 0.2) is 15.0 Å². The zero-order valence-electron chi connectivity index (χ0n) is 15.8. The van der Waals surface area contributed by atoms with Crippen LogP contribution in [0.25, 0.3) is 0 Å². The molecular formula is C23H27O3S+. The lowest BCUT2D eigenvalue weighted by Gasteiger charge is -2.18. The first-order valence-electron chi connectivity index (χ1n) is 9.29. The second kappa shape index (κ2) is 11.0. The highest BCUT2D eigenvalue weighted by molar-refractivity contribution is 7.97. The summed E-state index contributed by atoms with van der Waals surface area (Å²) in [5.41, 5.74) is 0. The Morgan fingerprint density at radius 1 is 0.852 bits per heavy atom. The Morgan fingerprint density at radius 3 is 2.04 bits per heavy atom. The molecule has 0 amide bonds. The molecule has 142 valence electrons. The molecule has 2 aromatic rings. The van der Waals surface area contributed by atoms with Crippen LogP contribution in [0.2, 0.25) is 0 Å². The zero-order chi connectivity index (χ0) is 18.7. The van der Waals surface area contributed by atoms with Crippen LogP contribution in [0.5, 0.6) is 0 Å². The van der Waals surface area contributed by atoms with Gasteiger partial charge in [-0.1, -0.05) is 36.4 Å². The van der Waals surface area contributed by atoms with Gasteiger partial charge in [-0.05, 0) is 42.5 Å². The SMILES string of the molecule is COCCOCCOC1=CCC([S+](c2ccccc2)c2ccccc2)C=C1. The molecule has 3 rings (SSSR count). The molecule has 0 aromatic heterocycles. The van der Waals surface area contributed by atoms with Gasteiger partial charge >= 0.3 is 0 Å². The van der Waals surface area contributed by atoms with Crippen molar-refractivity contribution in [2.24, 2.45) is 0 Å². The van der Waals surface area contributed by atoms with Crippen LogP contribution in [0.1, 0.15) is 6.42 Å². The summed E-state index contributed by atoms with van der Waals surface area (Å²) in [6, 6.07) is 21.6. The van der Waals surface area contributed by atoms with Gasteiger partial charge in [-0.3, -0.25) is 0 Å². The highest BCUT2D eigenvalue weighted by Crippen LogP contribution is 2.32. The highest BCUT2D eigenvalue weighted by Gasteiger charge is 2.34. The van der Waals surface area contributed by atoms with Gasteiger partial charge in [0, 0.05) is 13.5 Å². The summed E-state index contributed by atoms with van der Waals surface area (Å²) in [5.74, 6) is 0.936. The molecule has 0 saturated heterocycles. The normalized spacial score (nSPS) is 16.4. The van der Waals surface area contributed by atoms with E-state index in [9.17, 15) is 0 Å². The number of hydrogen-bond acceptors (Lipinski definition) is 3. The fourth-order valence-corrected chi connectivity index (χ4v) is 5.34. The zero-order valence-corrected chi connectivity index (χ0v) is 16.6. The molecule has 0 radical (unpaired) electrons. The van der Waals surface area contributed by atoms with Gasteiger partial charge in [-0.2, -0.15) is 0 Å². The van der Waals surface area contributed by atoms with Crippen molar-refractivity contribution in [2.75, 3.05) is 33.5 Å². The summed E-state index contributed by atoms with van der Waals surface area (Å²) < 4.78 is 16.2. The fraction of sp³-hybridized carbons (Fsp3) is 0.304. The quantitative estimate of drug-likeness (QED) is 0.443. The largest absolute Gasteiger partial charge is 0.492 e. The Bertz CT molecular complexity index is 688. The van der Waals surface area contributed by atoms with Gasteiger partial charge in [0.05, 0.1) is 30.7 Å². The molecule has 1 atom stereocenters. The van der Waals surface area contributed by atoms with Crippen LogP contribution in [0.15, 0.2) is 94.4 Å². The lowest BCUT2D eigenvalue weighted by atomic mass is 10.2. The highest BCUT2D eigenvalue weighted by atomic mass is 32.2. The third-order valence-corrected chi connectivity index (χ3v) is 6.77. The summed E-state index contributed by atoms with van der Waals surface area (Å²) in [7, 11) is 1.68. The summed E-state index contributed by atoms with van der Waals surface area (Å²) in [5, 5.41) is 0.445. The van der Waals surface area contributed by atoms with Gasteiger partial charge < -0.3 is 14.2 Å². The van der Waals surface area contributed by atoms with E-state index in [4.69, 9.17) is 14.2 Å². The van der Waals surface area contributed by atoms with E-state index in [0.717, 1.165) is 12.2 Å². The summed E-state index contributed by atoms with van der Waals surface area (Å²) in [6.45, 7) is 2.36. The molecule has 0 N–H and O–H groups in total. The van der Waals surface area contributed by atoms with Gasteiger partial charge in [-0.15, -0.1) is 0 Å². The first-order valence-corrected chi connectivity index (χ1v) is 10.6. The van der Waals surface area contributed by atoms with Crippen molar-refractivity contribution in [2.45, 2.75) is 21.5 Å². The average molecular weight is 384 g/mol. The van der Waals surface area contributed by atoms with Crippen molar-refractivity contribution in [1.29, 1.82) is 0 Å². The number of allylic oxidation sites excluding steroid dienone is 2. The minimum atomic E-state index is 0.0107. The molecule has 0 saturated carbocycles. The fourth-order valence-electron chi connectivity index (χ4n) is 2.95.